The first-order chi connectivity index (χ1) is 21.6. The highest BCUT2D eigenvalue weighted by Crippen LogP contribution is 2.36. The standard InChI is InChI=1S/C32H45N3O9S/c1-32(2,13-6-7-14-33)20-35(45(38,39)23-10-11-27-28(17-23)43-21-42-27)18-26(36)25(16-22-8-4-3-5-9-22)34-31(37)44-29-19-41-30-24(29)12-15-40-30/h3-5,8-11,17,24-26,29-30,36H,6-7,12-16,18-21,33H2,1-2H3,(H,34,37). The van der Waals surface area contributed by atoms with E-state index in [-0.39, 0.29) is 50.0 Å². The van der Waals surface area contributed by atoms with Crippen molar-refractivity contribution >= 4 is 16.1 Å². The molecule has 0 aromatic heterocycles. The molecule has 3 heterocycles. The van der Waals surface area contributed by atoms with Gasteiger partial charge in [-0.15, -0.1) is 0 Å². The summed E-state index contributed by atoms with van der Waals surface area (Å²) in [6, 6.07) is 13.0. The Hall–Kier alpha value is -2.94. The van der Waals surface area contributed by atoms with E-state index >= 15 is 0 Å². The first-order valence-electron chi connectivity index (χ1n) is 15.6. The van der Waals surface area contributed by atoms with E-state index in [4.69, 9.17) is 29.4 Å². The van der Waals surface area contributed by atoms with Crippen molar-refractivity contribution in [3.8, 4) is 11.5 Å². The zero-order chi connectivity index (χ0) is 32.0. The number of rotatable bonds is 15. The fourth-order valence-electron chi connectivity index (χ4n) is 6.10. The third-order valence-corrected chi connectivity index (χ3v) is 10.4. The van der Waals surface area contributed by atoms with Crippen LogP contribution in [-0.2, 0) is 30.7 Å². The van der Waals surface area contributed by atoms with Crippen LogP contribution in [0.4, 0.5) is 4.79 Å². The third kappa shape index (κ3) is 8.46. The van der Waals surface area contributed by atoms with E-state index in [1.807, 2.05) is 44.2 Å². The highest BCUT2D eigenvalue weighted by Gasteiger charge is 2.44. The second-order valence-corrected chi connectivity index (χ2v) is 14.6. The Morgan fingerprint density at radius 2 is 1.91 bits per heavy atom. The van der Waals surface area contributed by atoms with Crippen LogP contribution < -0.4 is 20.5 Å². The number of nitrogens with zero attached hydrogens (tertiary/aromatic N) is 1. The van der Waals surface area contributed by atoms with E-state index in [1.165, 1.54) is 16.4 Å². The number of nitrogens with two attached hydrogens (primary N) is 1. The van der Waals surface area contributed by atoms with Crippen LogP contribution in [0.3, 0.4) is 0 Å². The molecule has 5 rings (SSSR count). The van der Waals surface area contributed by atoms with Crippen molar-refractivity contribution in [2.24, 2.45) is 17.1 Å². The van der Waals surface area contributed by atoms with Gasteiger partial charge in [0.1, 0.15) is 6.10 Å². The zero-order valence-corrected chi connectivity index (χ0v) is 26.7. The Balaban J connectivity index is 1.37. The van der Waals surface area contributed by atoms with Crippen LogP contribution in [0.1, 0.15) is 45.1 Å². The summed E-state index contributed by atoms with van der Waals surface area (Å²) in [5, 5.41) is 14.5. The van der Waals surface area contributed by atoms with Gasteiger partial charge in [-0.25, -0.2) is 13.2 Å². The number of hydrogen-bond donors (Lipinski definition) is 3. The quantitative estimate of drug-likeness (QED) is 0.245. The van der Waals surface area contributed by atoms with Crippen LogP contribution in [0, 0.1) is 11.3 Å². The maximum absolute atomic E-state index is 14.2. The predicted octanol–water partition coefficient (Wildman–Crippen LogP) is 3.02. The third-order valence-electron chi connectivity index (χ3n) is 8.59. The lowest BCUT2D eigenvalue weighted by Crippen LogP contribution is -2.52. The van der Waals surface area contributed by atoms with Gasteiger partial charge in [0, 0.05) is 19.2 Å². The number of aliphatic hydroxyl groups is 1. The van der Waals surface area contributed by atoms with Crippen molar-refractivity contribution in [1.82, 2.24) is 9.62 Å². The Morgan fingerprint density at radius 3 is 2.69 bits per heavy atom. The molecular weight excluding hydrogens is 602 g/mol. The number of aliphatic hydroxyl groups excluding tert-OH is 1. The van der Waals surface area contributed by atoms with Crippen molar-refractivity contribution < 1.29 is 42.0 Å². The Morgan fingerprint density at radius 1 is 1.13 bits per heavy atom. The summed E-state index contributed by atoms with van der Waals surface area (Å²) in [4.78, 5) is 13.2. The first kappa shape index (κ1) is 33.4. The van der Waals surface area contributed by atoms with Gasteiger partial charge in [-0.1, -0.05) is 50.6 Å². The normalized spacial score (nSPS) is 22.3. The number of carbonyl (C=O) groups excluding carboxylic acids is 1. The molecule has 45 heavy (non-hydrogen) atoms. The monoisotopic (exact) mass is 647 g/mol. The number of nitrogens with one attached hydrogen (secondary N) is 1. The zero-order valence-electron chi connectivity index (χ0n) is 25.9. The number of carbonyl (C=O) groups is 1. The lowest BCUT2D eigenvalue weighted by Gasteiger charge is -2.35. The van der Waals surface area contributed by atoms with E-state index in [9.17, 15) is 18.3 Å². The maximum atomic E-state index is 14.2. The predicted molar refractivity (Wildman–Crippen MR) is 165 cm³/mol. The molecule has 3 aliphatic heterocycles. The number of hydrogen-bond acceptors (Lipinski definition) is 10. The summed E-state index contributed by atoms with van der Waals surface area (Å²) in [6.07, 6.45) is 0.559. The van der Waals surface area contributed by atoms with E-state index in [0.29, 0.717) is 24.7 Å². The van der Waals surface area contributed by atoms with Gasteiger partial charge < -0.3 is 39.8 Å². The van der Waals surface area contributed by atoms with Crippen molar-refractivity contribution in [3.63, 3.8) is 0 Å². The van der Waals surface area contributed by atoms with Crippen LogP contribution in [0.5, 0.6) is 11.5 Å². The van der Waals surface area contributed by atoms with Gasteiger partial charge in [-0.2, -0.15) is 4.31 Å². The lowest BCUT2D eigenvalue weighted by molar-refractivity contribution is -0.0907. The number of sulfonamides is 1. The molecule has 0 radical (unpaired) electrons. The van der Waals surface area contributed by atoms with E-state index in [1.54, 1.807) is 6.07 Å². The van der Waals surface area contributed by atoms with E-state index < -0.39 is 39.8 Å². The number of unbranched alkanes of at least 4 members (excludes halogenated alkanes) is 1. The van der Waals surface area contributed by atoms with Crippen LogP contribution in [0.25, 0.3) is 0 Å². The van der Waals surface area contributed by atoms with Gasteiger partial charge in [0.25, 0.3) is 0 Å². The number of amides is 1. The van der Waals surface area contributed by atoms with Gasteiger partial charge in [0.2, 0.25) is 16.8 Å². The van der Waals surface area contributed by atoms with E-state index in [0.717, 1.165) is 31.2 Å². The minimum atomic E-state index is -4.11. The molecule has 2 fully saturated rings. The molecule has 2 saturated heterocycles. The topological polar surface area (TPSA) is 159 Å². The SMILES string of the molecule is CC(C)(CCCCN)CN(CC(O)C(Cc1ccccc1)NC(=O)OC1COC2OCCC12)S(=O)(=O)c1ccc2c(c1)OCO2. The van der Waals surface area contributed by atoms with Gasteiger partial charge in [0.05, 0.1) is 36.2 Å². The summed E-state index contributed by atoms with van der Waals surface area (Å²) in [6.45, 7) is 5.21. The second-order valence-electron chi connectivity index (χ2n) is 12.7. The molecule has 248 valence electrons. The average Bonchev–Trinajstić information content (AvgIpc) is 3.75. The Labute approximate surface area is 265 Å². The molecule has 0 spiro atoms. The smallest absolute Gasteiger partial charge is 0.407 e. The van der Waals surface area contributed by atoms with Crippen LogP contribution in [0.15, 0.2) is 53.4 Å². The Kier molecular flexibility index (Phi) is 10.9. The molecule has 0 saturated carbocycles. The van der Waals surface area contributed by atoms with Crippen molar-refractivity contribution in [1.29, 1.82) is 0 Å². The largest absolute Gasteiger partial charge is 0.454 e. The van der Waals surface area contributed by atoms with Crippen LogP contribution >= 0.6 is 0 Å². The van der Waals surface area contributed by atoms with Crippen molar-refractivity contribution in [2.45, 2.75) is 75.4 Å². The highest BCUT2D eigenvalue weighted by molar-refractivity contribution is 7.89. The number of ether oxygens (including phenoxy) is 5. The minimum Gasteiger partial charge on any atom is -0.454 e. The van der Waals surface area contributed by atoms with Crippen LogP contribution in [0.2, 0.25) is 0 Å². The number of alkyl carbamates (subject to hydrolysis) is 1. The molecule has 4 N–H and O–H groups in total. The molecule has 13 heteroatoms. The lowest BCUT2D eigenvalue weighted by atomic mass is 9.87. The molecule has 3 aliphatic rings. The van der Waals surface area contributed by atoms with Crippen molar-refractivity contribution in [2.75, 3.05) is 39.6 Å². The van der Waals surface area contributed by atoms with Gasteiger partial charge in [-0.05, 0) is 55.3 Å². The molecule has 0 aliphatic carbocycles. The number of benzene rings is 2. The molecule has 12 nitrogen and oxygen atoms in total. The summed E-state index contributed by atoms with van der Waals surface area (Å²) >= 11 is 0. The van der Waals surface area contributed by atoms with Gasteiger partial charge in [-0.3, -0.25) is 0 Å². The average molecular weight is 648 g/mol. The fraction of sp³-hybridized carbons (Fsp3) is 0.594. The summed E-state index contributed by atoms with van der Waals surface area (Å²) in [5.41, 5.74) is 6.14. The molecule has 2 aromatic rings. The molecular formula is C32H45N3O9S. The summed E-state index contributed by atoms with van der Waals surface area (Å²) in [7, 11) is -4.11. The molecule has 2 aromatic carbocycles. The number of fused-ring (bicyclic) bond motifs is 2. The minimum absolute atomic E-state index is 0.0137. The van der Waals surface area contributed by atoms with Crippen molar-refractivity contribution in [3.05, 3.63) is 54.1 Å². The molecule has 5 atom stereocenters. The Bertz CT molecular complexity index is 1390. The highest BCUT2D eigenvalue weighted by atomic mass is 32.2. The summed E-state index contributed by atoms with van der Waals surface area (Å²) < 4.78 is 57.3. The van der Waals surface area contributed by atoms with E-state index in [2.05, 4.69) is 5.32 Å². The fourth-order valence-corrected chi connectivity index (χ4v) is 7.76. The molecule has 0 bridgehead atoms. The van der Waals surface area contributed by atoms with Gasteiger partial charge in [0.15, 0.2) is 17.8 Å². The second kappa shape index (κ2) is 14.7. The van der Waals surface area contributed by atoms with Crippen LogP contribution in [-0.4, -0.2) is 88.1 Å². The maximum Gasteiger partial charge on any atom is 0.407 e. The molecule has 5 unspecified atom stereocenters. The summed E-state index contributed by atoms with van der Waals surface area (Å²) in [5.74, 6) is 0.768. The van der Waals surface area contributed by atoms with Gasteiger partial charge >= 0.3 is 6.09 Å². The molecule has 1 amide bonds. The first-order valence-corrected chi connectivity index (χ1v) is 17.0.